The molecule has 1 heterocycles. The van der Waals surface area contributed by atoms with E-state index in [0.29, 0.717) is 19.0 Å². The van der Waals surface area contributed by atoms with Gasteiger partial charge in [-0.3, -0.25) is 4.79 Å². The van der Waals surface area contributed by atoms with Crippen molar-refractivity contribution in [1.82, 2.24) is 0 Å². The summed E-state index contributed by atoms with van der Waals surface area (Å²) >= 11 is 0. The average Bonchev–Trinajstić information content (AvgIpc) is 2.50. The Morgan fingerprint density at radius 1 is 1.40 bits per heavy atom. The van der Waals surface area contributed by atoms with Crippen LogP contribution in [0.1, 0.15) is 12.8 Å². The lowest BCUT2D eigenvalue weighted by Crippen LogP contribution is -2.34. The highest BCUT2D eigenvalue weighted by atomic mass is 16.5. The molecule has 0 bridgehead atoms. The van der Waals surface area contributed by atoms with Crippen molar-refractivity contribution in [3.63, 3.8) is 0 Å². The third-order valence-electron chi connectivity index (χ3n) is 3.62. The van der Waals surface area contributed by atoms with Gasteiger partial charge in [-0.25, -0.2) is 0 Å². The Morgan fingerprint density at radius 2 is 2.10 bits per heavy atom. The first-order valence-electron chi connectivity index (χ1n) is 6.78. The number of aromatic hydroxyl groups is 1. The van der Waals surface area contributed by atoms with Crippen LogP contribution in [-0.2, 0) is 14.3 Å². The maximum atomic E-state index is 11.9. The van der Waals surface area contributed by atoms with Gasteiger partial charge < -0.3 is 19.3 Å². The number of carbonyl (C=O) groups is 1. The van der Waals surface area contributed by atoms with Crippen LogP contribution < -0.4 is 4.74 Å². The molecule has 1 atom stereocenters. The summed E-state index contributed by atoms with van der Waals surface area (Å²) in [6.45, 7) is 1.53. The minimum absolute atomic E-state index is 0.0723. The zero-order valence-electron chi connectivity index (χ0n) is 11.6. The second kappa shape index (κ2) is 7.14. The van der Waals surface area contributed by atoms with Gasteiger partial charge in [0.05, 0.1) is 13.0 Å². The van der Waals surface area contributed by atoms with Crippen molar-refractivity contribution in [2.75, 3.05) is 26.9 Å². The van der Waals surface area contributed by atoms with Crippen LogP contribution in [0.15, 0.2) is 24.3 Å². The van der Waals surface area contributed by atoms with Crippen LogP contribution >= 0.6 is 0 Å². The van der Waals surface area contributed by atoms with Crippen LogP contribution in [0.2, 0.25) is 0 Å². The van der Waals surface area contributed by atoms with Gasteiger partial charge in [-0.15, -0.1) is 0 Å². The number of esters is 1. The molecule has 0 amide bonds. The molecule has 1 saturated heterocycles. The van der Waals surface area contributed by atoms with E-state index in [1.807, 2.05) is 0 Å². The first-order chi connectivity index (χ1) is 9.72. The lowest BCUT2D eigenvalue weighted by atomic mass is 9.86. The summed E-state index contributed by atoms with van der Waals surface area (Å²) in [4.78, 5) is 11.9. The van der Waals surface area contributed by atoms with E-state index in [9.17, 15) is 9.90 Å². The molecule has 1 aromatic rings. The molecule has 110 valence electrons. The van der Waals surface area contributed by atoms with Crippen LogP contribution in [0.5, 0.6) is 11.5 Å². The van der Waals surface area contributed by atoms with E-state index in [2.05, 4.69) is 0 Å². The largest absolute Gasteiger partial charge is 0.504 e. The minimum atomic E-state index is -0.330. The first-order valence-corrected chi connectivity index (χ1v) is 6.78. The number of hydrogen-bond acceptors (Lipinski definition) is 5. The third-order valence-corrected chi connectivity index (χ3v) is 3.62. The van der Waals surface area contributed by atoms with Crippen LogP contribution in [0.4, 0.5) is 0 Å². The van der Waals surface area contributed by atoms with Gasteiger partial charge in [0.15, 0.2) is 11.5 Å². The fourth-order valence-corrected chi connectivity index (χ4v) is 2.42. The Labute approximate surface area is 118 Å². The SMILES string of the molecule is COC(=O)C(COc1ccccc1O)C1CCOCC1. The topological polar surface area (TPSA) is 65.0 Å². The van der Waals surface area contributed by atoms with Gasteiger partial charge in [0.2, 0.25) is 0 Å². The monoisotopic (exact) mass is 280 g/mol. The summed E-state index contributed by atoms with van der Waals surface area (Å²) in [7, 11) is 1.38. The molecule has 0 spiro atoms. The lowest BCUT2D eigenvalue weighted by molar-refractivity contribution is -0.150. The van der Waals surface area contributed by atoms with Crippen molar-refractivity contribution >= 4 is 5.97 Å². The molecular weight excluding hydrogens is 260 g/mol. The van der Waals surface area contributed by atoms with E-state index in [0.717, 1.165) is 12.8 Å². The van der Waals surface area contributed by atoms with Crippen molar-refractivity contribution in [2.45, 2.75) is 12.8 Å². The van der Waals surface area contributed by atoms with E-state index < -0.39 is 0 Å². The number of para-hydroxylation sites is 2. The lowest BCUT2D eigenvalue weighted by Gasteiger charge is -2.28. The van der Waals surface area contributed by atoms with Gasteiger partial charge >= 0.3 is 5.97 Å². The zero-order chi connectivity index (χ0) is 14.4. The normalized spacial score (nSPS) is 17.4. The molecule has 20 heavy (non-hydrogen) atoms. The fraction of sp³-hybridized carbons (Fsp3) is 0.533. The van der Waals surface area contributed by atoms with Crippen LogP contribution in [0.3, 0.4) is 0 Å². The van der Waals surface area contributed by atoms with Crippen molar-refractivity contribution < 1.29 is 24.1 Å². The van der Waals surface area contributed by atoms with Gasteiger partial charge in [0.1, 0.15) is 6.61 Å². The number of phenols is 1. The third kappa shape index (κ3) is 3.63. The number of benzene rings is 1. The molecule has 5 heteroatoms. The summed E-state index contributed by atoms with van der Waals surface area (Å²) in [5.74, 6) is 0.0504. The highest BCUT2D eigenvalue weighted by molar-refractivity contribution is 5.72. The number of methoxy groups -OCH3 is 1. The summed E-state index contributed by atoms with van der Waals surface area (Å²) in [5, 5.41) is 9.67. The zero-order valence-corrected chi connectivity index (χ0v) is 11.6. The van der Waals surface area contributed by atoms with E-state index in [-0.39, 0.29) is 30.2 Å². The maximum Gasteiger partial charge on any atom is 0.312 e. The van der Waals surface area contributed by atoms with Gasteiger partial charge in [-0.1, -0.05) is 12.1 Å². The second-order valence-corrected chi connectivity index (χ2v) is 4.86. The van der Waals surface area contributed by atoms with Gasteiger partial charge in [0.25, 0.3) is 0 Å². The highest BCUT2D eigenvalue weighted by Crippen LogP contribution is 2.29. The second-order valence-electron chi connectivity index (χ2n) is 4.86. The van der Waals surface area contributed by atoms with E-state index in [1.54, 1.807) is 24.3 Å². The smallest absolute Gasteiger partial charge is 0.312 e. The number of phenolic OH excluding ortho intramolecular Hbond substituents is 1. The molecule has 1 aliphatic heterocycles. The van der Waals surface area contributed by atoms with Crippen LogP contribution in [-0.4, -0.2) is 38.0 Å². The predicted octanol–water partition coefficient (Wildman–Crippen LogP) is 1.99. The molecule has 5 nitrogen and oxygen atoms in total. The number of hydrogen-bond donors (Lipinski definition) is 1. The number of rotatable bonds is 5. The molecule has 0 radical (unpaired) electrons. The molecule has 1 aliphatic rings. The molecule has 0 aliphatic carbocycles. The van der Waals surface area contributed by atoms with E-state index >= 15 is 0 Å². The van der Waals surface area contributed by atoms with Crippen molar-refractivity contribution in [1.29, 1.82) is 0 Å². The molecule has 1 unspecified atom stereocenters. The average molecular weight is 280 g/mol. The van der Waals surface area contributed by atoms with Crippen molar-refractivity contribution in [3.05, 3.63) is 24.3 Å². The molecule has 1 N–H and O–H groups in total. The minimum Gasteiger partial charge on any atom is -0.504 e. The molecule has 0 saturated carbocycles. The molecular formula is C15H20O5. The Kier molecular flexibility index (Phi) is 5.24. The summed E-state index contributed by atoms with van der Waals surface area (Å²) in [6, 6.07) is 6.72. The first kappa shape index (κ1) is 14.7. The standard InChI is InChI=1S/C15H20O5/c1-18-15(17)12(11-6-8-19-9-7-11)10-20-14-5-3-2-4-13(14)16/h2-5,11-12,16H,6-10H2,1H3. The Morgan fingerprint density at radius 3 is 2.75 bits per heavy atom. The van der Waals surface area contributed by atoms with E-state index in [1.165, 1.54) is 7.11 Å². The molecule has 2 rings (SSSR count). The molecule has 1 aromatic carbocycles. The quantitative estimate of drug-likeness (QED) is 0.836. The van der Waals surface area contributed by atoms with Crippen molar-refractivity contribution in [3.8, 4) is 11.5 Å². The van der Waals surface area contributed by atoms with Crippen LogP contribution in [0.25, 0.3) is 0 Å². The molecule has 1 fully saturated rings. The Bertz CT molecular complexity index is 440. The summed E-state index contributed by atoms with van der Waals surface area (Å²) < 4.78 is 15.8. The van der Waals surface area contributed by atoms with Gasteiger partial charge in [-0.05, 0) is 30.9 Å². The van der Waals surface area contributed by atoms with Gasteiger partial charge in [-0.2, -0.15) is 0 Å². The van der Waals surface area contributed by atoms with Crippen molar-refractivity contribution in [2.24, 2.45) is 11.8 Å². The van der Waals surface area contributed by atoms with Gasteiger partial charge in [0, 0.05) is 13.2 Å². The fourth-order valence-electron chi connectivity index (χ4n) is 2.42. The predicted molar refractivity (Wildman–Crippen MR) is 72.7 cm³/mol. The Balaban J connectivity index is 2.00. The maximum absolute atomic E-state index is 11.9. The van der Waals surface area contributed by atoms with Crippen LogP contribution in [0, 0.1) is 11.8 Å². The number of ether oxygens (including phenoxy) is 3. The molecule has 0 aromatic heterocycles. The Hall–Kier alpha value is -1.75. The summed E-state index contributed by atoms with van der Waals surface area (Å²) in [5.41, 5.74) is 0. The highest BCUT2D eigenvalue weighted by Gasteiger charge is 2.31. The van der Waals surface area contributed by atoms with E-state index in [4.69, 9.17) is 14.2 Å². The summed E-state index contributed by atoms with van der Waals surface area (Å²) in [6.07, 6.45) is 1.65. The number of carbonyl (C=O) groups excluding carboxylic acids is 1.